The zero-order valence-corrected chi connectivity index (χ0v) is 9.84. The summed E-state index contributed by atoms with van der Waals surface area (Å²) in [5.41, 5.74) is 2.56. The van der Waals surface area contributed by atoms with Gasteiger partial charge in [-0.25, -0.2) is 0 Å². The standard InChI is InChI=1S/C14H17NO2/c16-12-17-11-14-6-8-15(9-7-14)10-13-4-2-1-3-5-13/h1-6,12H,7-11H2. The van der Waals surface area contributed by atoms with Gasteiger partial charge in [0.25, 0.3) is 6.47 Å². The lowest BCUT2D eigenvalue weighted by Gasteiger charge is -2.26. The van der Waals surface area contributed by atoms with Crippen LogP contribution in [0.15, 0.2) is 42.0 Å². The van der Waals surface area contributed by atoms with E-state index in [2.05, 4.69) is 35.2 Å². The first-order valence-corrected chi connectivity index (χ1v) is 5.88. The van der Waals surface area contributed by atoms with Crippen LogP contribution < -0.4 is 0 Å². The van der Waals surface area contributed by atoms with Crippen molar-refractivity contribution in [2.75, 3.05) is 19.7 Å². The molecule has 0 saturated heterocycles. The molecule has 0 aromatic heterocycles. The zero-order valence-electron chi connectivity index (χ0n) is 9.84. The van der Waals surface area contributed by atoms with E-state index in [1.807, 2.05) is 6.07 Å². The van der Waals surface area contributed by atoms with Crippen LogP contribution in [0, 0.1) is 0 Å². The fourth-order valence-corrected chi connectivity index (χ4v) is 2.01. The quantitative estimate of drug-likeness (QED) is 0.573. The number of hydrogen-bond donors (Lipinski definition) is 0. The van der Waals surface area contributed by atoms with E-state index in [1.165, 1.54) is 11.1 Å². The van der Waals surface area contributed by atoms with Gasteiger partial charge in [-0.3, -0.25) is 9.69 Å². The Morgan fingerprint density at radius 3 is 2.76 bits per heavy atom. The molecule has 0 amide bonds. The molecule has 3 nitrogen and oxygen atoms in total. The Morgan fingerprint density at radius 1 is 1.29 bits per heavy atom. The van der Waals surface area contributed by atoms with Gasteiger partial charge < -0.3 is 4.74 Å². The van der Waals surface area contributed by atoms with Gasteiger partial charge in [0.05, 0.1) is 0 Å². The SMILES string of the molecule is O=COCC1=CCN(Cc2ccccc2)CC1. The molecule has 0 spiro atoms. The molecular formula is C14H17NO2. The Kier molecular flexibility index (Phi) is 4.33. The summed E-state index contributed by atoms with van der Waals surface area (Å²) < 4.78 is 4.76. The van der Waals surface area contributed by atoms with Crippen LogP contribution in [0.2, 0.25) is 0 Å². The van der Waals surface area contributed by atoms with Crippen LogP contribution in [0.25, 0.3) is 0 Å². The fraction of sp³-hybridized carbons (Fsp3) is 0.357. The summed E-state index contributed by atoms with van der Waals surface area (Å²) in [5, 5.41) is 0. The third-order valence-electron chi connectivity index (χ3n) is 2.97. The molecule has 0 unspecified atom stereocenters. The van der Waals surface area contributed by atoms with Gasteiger partial charge in [-0.15, -0.1) is 0 Å². The van der Waals surface area contributed by atoms with Crippen LogP contribution in [0.5, 0.6) is 0 Å². The maximum atomic E-state index is 10.1. The van der Waals surface area contributed by atoms with Crippen molar-refractivity contribution in [3.8, 4) is 0 Å². The second-order valence-electron chi connectivity index (χ2n) is 4.24. The Morgan fingerprint density at radius 2 is 2.12 bits per heavy atom. The number of benzene rings is 1. The molecule has 1 aliphatic rings. The molecule has 0 bridgehead atoms. The van der Waals surface area contributed by atoms with Crippen molar-refractivity contribution in [1.29, 1.82) is 0 Å². The van der Waals surface area contributed by atoms with E-state index in [9.17, 15) is 4.79 Å². The zero-order chi connectivity index (χ0) is 11.9. The highest BCUT2D eigenvalue weighted by Crippen LogP contribution is 2.13. The number of ether oxygens (including phenoxy) is 1. The van der Waals surface area contributed by atoms with E-state index in [4.69, 9.17) is 4.74 Å². The predicted molar refractivity (Wildman–Crippen MR) is 66.4 cm³/mol. The van der Waals surface area contributed by atoms with E-state index >= 15 is 0 Å². The number of carbonyl (C=O) groups is 1. The van der Waals surface area contributed by atoms with Crippen LogP contribution in [-0.2, 0) is 16.1 Å². The average molecular weight is 231 g/mol. The summed E-state index contributed by atoms with van der Waals surface area (Å²) in [7, 11) is 0. The molecule has 1 aromatic rings. The number of carbonyl (C=O) groups excluding carboxylic acids is 1. The molecule has 0 atom stereocenters. The molecule has 2 rings (SSSR count). The van der Waals surface area contributed by atoms with Crippen molar-refractivity contribution in [2.24, 2.45) is 0 Å². The minimum absolute atomic E-state index is 0.447. The number of nitrogens with zero attached hydrogens (tertiary/aromatic N) is 1. The van der Waals surface area contributed by atoms with Crippen LogP contribution in [0.1, 0.15) is 12.0 Å². The van der Waals surface area contributed by atoms with Crippen LogP contribution in [-0.4, -0.2) is 31.1 Å². The molecule has 0 aliphatic carbocycles. The minimum Gasteiger partial charge on any atom is -0.463 e. The summed E-state index contributed by atoms with van der Waals surface area (Å²) in [6.07, 6.45) is 3.15. The maximum Gasteiger partial charge on any atom is 0.293 e. The van der Waals surface area contributed by atoms with E-state index in [1.54, 1.807) is 0 Å². The number of hydrogen-bond acceptors (Lipinski definition) is 3. The number of rotatable bonds is 5. The lowest BCUT2D eigenvalue weighted by Crippen LogP contribution is -2.29. The highest BCUT2D eigenvalue weighted by Gasteiger charge is 2.11. The maximum absolute atomic E-state index is 10.1. The van der Waals surface area contributed by atoms with Gasteiger partial charge >= 0.3 is 0 Å². The summed E-state index contributed by atoms with van der Waals surface area (Å²) >= 11 is 0. The van der Waals surface area contributed by atoms with Gasteiger partial charge in [-0.05, 0) is 17.6 Å². The lowest BCUT2D eigenvalue weighted by atomic mass is 10.1. The summed E-state index contributed by atoms with van der Waals surface area (Å²) in [6, 6.07) is 10.5. The van der Waals surface area contributed by atoms with E-state index in [-0.39, 0.29) is 0 Å². The largest absolute Gasteiger partial charge is 0.463 e. The Hall–Kier alpha value is -1.61. The molecule has 3 heteroatoms. The van der Waals surface area contributed by atoms with Gasteiger partial charge in [-0.2, -0.15) is 0 Å². The first kappa shape index (κ1) is 11.9. The average Bonchev–Trinajstić information content (AvgIpc) is 2.39. The van der Waals surface area contributed by atoms with Crippen molar-refractivity contribution >= 4 is 6.47 Å². The van der Waals surface area contributed by atoms with Crippen LogP contribution in [0.4, 0.5) is 0 Å². The van der Waals surface area contributed by atoms with E-state index in [0.29, 0.717) is 13.1 Å². The highest BCUT2D eigenvalue weighted by atomic mass is 16.5. The molecule has 0 radical (unpaired) electrons. The van der Waals surface area contributed by atoms with Gasteiger partial charge in [-0.1, -0.05) is 36.4 Å². The monoisotopic (exact) mass is 231 g/mol. The molecule has 0 fully saturated rings. The molecule has 1 aliphatic heterocycles. The highest BCUT2D eigenvalue weighted by molar-refractivity contribution is 5.37. The summed E-state index contributed by atoms with van der Waals surface area (Å²) in [5.74, 6) is 0. The van der Waals surface area contributed by atoms with Crippen molar-refractivity contribution in [1.82, 2.24) is 4.90 Å². The molecule has 1 aromatic carbocycles. The van der Waals surface area contributed by atoms with Gasteiger partial charge in [0.1, 0.15) is 6.61 Å². The molecule has 17 heavy (non-hydrogen) atoms. The Bertz CT molecular complexity index is 386. The first-order chi connectivity index (χ1) is 8.38. The third kappa shape index (κ3) is 3.71. The second-order valence-corrected chi connectivity index (χ2v) is 4.24. The van der Waals surface area contributed by atoms with Crippen LogP contribution in [0.3, 0.4) is 0 Å². The second kappa shape index (κ2) is 6.21. The fourth-order valence-electron chi connectivity index (χ4n) is 2.01. The molecule has 0 saturated carbocycles. The van der Waals surface area contributed by atoms with Gasteiger partial charge in [0, 0.05) is 19.6 Å². The Balaban J connectivity index is 1.82. The summed E-state index contributed by atoms with van der Waals surface area (Å²) in [6.45, 7) is 3.91. The van der Waals surface area contributed by atoms with Crippen molar-refractivity contribution in [3.63, 3.8) is 0 Å². The van der Waals surface area contributed by atoms with Gasteiger partial charge in [0.2, 0.25) is 0 Å². The third-order valence-corrected chi connectivity index (χ3v) is 2.97. The van der Waals surface area contributed by atoms with Crippen molar-refractivity contribution in [2.45, 2.75) is 13.0 Å². The van der Waals surface area contributed by atoms with Crippen molar-refractivity contribution < 1.29 is 9.53 Å². The predicted octanol–water partition coefficient (Wildman–Crippen LogP) is 1.99. The van der Waals surface area contributed by atoms with E-state index < -0.39 is 0 Å². The lowest BCUT2D eigenvalue weighted by molar-refractivity contribution is -0.127. The van der Waals surface area contributed by atoms with Crippen LogP contribution >= 0.6 is 0 Å². The topological polar surface area (TPSA) is 29.5 Å². The minimum atomic E-state index is 0.447. The van der Waals surface area contributed by atoms with Crippen molar-refractivity contribution in [3.05, 3.63) is 47.5 Å². The Labute approximate surface area is 102 Å². The first-order valence-electron chi connectivity index (χ1n) is 5.88. The molecular weight excluding hydrogens is 214 g/mol. The molecule has 1 heterocycles. The summed E-state index contributed by atoms with van der Waals surface area (Å²) in [4.78, 5) is 12.5. The molecule has 90 valence electrons. The van der Waals surface area contributed by atoms with E-state index in [0.717, 1.165) is 26.1 Å². The normalized spacial score (nSPS) is 16.4. The van der Waals surface area contributed by atoms with Gasteiger partial charge in [0.15, 0.2) is 0 Å². The smallest absolute Gasteiger partial charge is 0.293 e. The molecule has 0 N–H and O–H groups in total.